The minimum Gasteiger partial charge on any atom is -0.461 e. The van der Waals surface area contributed by atoms with Crippen LogP contribution in [0.4, 0.5) is 0 Å². The molecule has 0 amide bonds. The molecule has 0 radical (unpaired) electrons. The van der Waals surface area contributed by atoms with Crippen LogP contribution in [-0.2, 0) is 23.9 Å². The summed E-state index contributed by atoms with van der Waals surface area (Å²) in [6.07, 6.45) is 3.89. The van der Waals surface area contributed by atoms with Gasteiger partial charge < -0.3 is 4.74 Å². The van der Waals surface area contributed by atoms with E-state index in [2.05, 4.69) is 5.16 Å². The molecule has 126 valence electrons. The first-order valence-electron chi connectivity index (χ1n) is 7.77. The predicted octanol–water partition coefficient (Wildman–Crippen LogP) is 2.63. The molecule has 23 heavy (non-hydrogen) atoms. The molecule has 1 fully saturated rings. The second-order valence-corrected chi connectivity index (χ2v) is 7.16. The van der Waals surface area contributed by atoms with E-state index in [9.17, 15) is 13.2 Å². The molecule has 0 bridgehead atoms. The molecule has 1 aliphatic carbocycles. The van der Waals surface area contributed by atoms with Crippen LogP contribution in [0, 0.1) is 0 Å². The topological polar surface area (TPSA) is 82.0 Å². The number of rotatable bonds is 6. The van der Waals surface area contributed by atoms with Crippen molar-refractivity contribution in [2.24, 2.45) is 5.16 Å². The number of carbonyl (C=O) groups excluding carboxylic acids is 1. The number of benzene rings is 1. The van der Waals surface area contributed by atoms with Gasteiger partial charge in [0.2, 0.25) is 0 Å². The van der Waals surface area contributed by atoms with Gasteiger partial charge in [-0.2, -0.15) is 8.42 Å². The number of ether oxygens (including phenoxy) is 1. The number of carbonyl (C=O) groups is 1. The van der Waals surface area contributed by atoms with Crippen LogP contribution < -0.4 is 0 Å². The molecule has 0 N–H and O–H groups in total. The third-order valence-corrected chi connectivity index (χ3v) is 5.28. The second kappa shape index (κ2) is 8.10. The van der Waals surface area contributed by atoms with Crippen LogP contribution in [0.15, 0.2) is 35.5 Å². The molecule has 0 heterocycles. The minimum absolute atomic E-state index is 0.146. The van der Waals surface area contributed by atoms with Crippen molar-refractivity contribution in [1.82, 2.24) is 0 Å². The van der Waals surface area contributed by atoms with Crippen molar-refractivity contribution in [1.29, 1.82) is 0 Å². The Morgan fingerprint density at radius 1 is 1.17 bits per heavy atom. The van der Waals surface area contributed by atoms with Gasteiger partial charge in [0.15, 0.2) is 5.71 Å². The number of nitrogens with zero attached hydrogens (tertiary/aromatic N) is 1. The predicted molar refractivity (Wildman–Crippen MR) is 86.5 cm³/mol. The lowest BCUT2D eigenvalue weighted by atomic mass is 10.0. The Hall–Kier alpha value is -1.89. The van der Waals surface area contributed by atoms with Gasteiger partial charge in [0.05, 0.1) is 11.9 Å². The molecule has 0 spiro atoms. The summed E-state index contributed by atoms with van der Waals surface area (Å²) in [5.41, 5.74) is 0.302. The summed E-state index contributed by atoms with van der Waals surface area (Å²) < 4.78 is 34.2. The summed E-state index contributed by atoms with van der Waals surface area (Å²) in [5.74, 6) is -0.711. The van der Waals surface area contributed by atoms with Crippen molar-refractivity contribution < 1.29 is 22.2 Å². The highest BCUT2D eigenvalue weighted by Gasteiger charge is 2.30. The second-order valence-electron chi connectivity index (χ2n) is 5.35. The van der Waals surface area contributed by atoms with E-state index >= 15 is 0 Å². The van der Waals surface area contributed by atoms with Crippen molar-refractivity contribution in [2.75, 3.05) is 6.61 Å². The molecule has 0 aromatic heterocycles. The zero-order valence-electron chi connectivity index (χ0n) is 13.1. The van der Waals surface area contributed by atoms with Crippen LogP contribution in [0.25, 0.3) is 0 Å². The summed E-state index contributed by atoms with van der Waals surface area (Å²) in [7, 11) is -3.83. The highest BCUT2D eigenvalue weighted by molar-refractivity contribution is 7.87. The van der Waals surface area contributed by atoms with Gasteiger partial charge >= 0.3 is 16.1 Å². The Kier molecular flexibility index (Phi) is 6.15. The maximum absolute atomic E-state index is 12.2. The van der Waals surface area contributed by atoms with E-state index in [1.807, 2.05) is 0 Å². The van der Waals surface area contributed by atoms with E-state index in [0.29, 0.717) is 18.4 Å². The molecule has 1 saturated carbocycles. The van der Waals surface area contributed by atoms with Gasteiger partial charge in [0, 0.05) is 5.56 Å². The molecular weight excluding hydrogens is 318 g/mol. The largest absolute Gasteiger partial charge is 0.461 e. The molecule has 0 atom stereocenters. The van der Waals surface area contributed by atoms with E-state index in [0.717, 1.165) is 19.3 Å². The SMILES string of the molecule is CCOC(=O)C(=NOS(=O)(=O)C1CCCCC1)c1ccccc1. The summed E-state index contributed by atoms with van der Waals surface area (Å²) in [4.78, 5) is 12.0. The number of esters is 1. The van der Waals surface area contributed by atoms with Crippen molar-refractivity contribution in [3.05, 3.63) is 35.9 Å². The first-order valence-corrected chi connectivity index (χ1v) is 9.24. The Labute approximate surface area is 136 Å². The zero-order chi connectivity index (χ0) is 16.7. The number of oxime groups is 1. The molecule has 0 aliphatic heterocycles. The molecule has 1 aromatic carbocycles. The lowest BCUT2D eigenvalue weighted by molar-refractivity contribution is -0.135. The fourth-order valence-corrected chi connectivity index (χ4v) is 3.72. The van der Waals surface area contributed by atoms with Gasteiger partial charge in [-0.15, -0.1) is 0 Å². The number of hydrogen-bond acceptors (Lipinski definition) is 6. The summed E-state index contributed by atoms with van der Waals surface area (Å²) in [6, 6.07) is 8.52. The minimum atomic E-state index is -3.83. The van der Waals surface area contributed by atoms with Crippen LogP contribution in [0.5, 0.6) is 0 Å². The maximum Gasteiger partial charge on any atom is 0.361 e. The fourth-order valence-electron chi connectivity index (χ4n) is 2.51. The first-order chi connectivity index (χ1) is 11.0. The van der Waals surface area contributed by atoms with E-state index in [-0.39, 0.29) is 12.3 Å². The molecule has 7 heteroatoms. The van der Waals surface area contributed by atoms with E-state index in [4.69, 9.17) is 9.02 Å². The molecule has 0 unspecified atom stereocenters. The van der Waals surface area contributed by atoms with Gasteiger partial charge in [-0.25, -0.2) is 4.79 Å². The smallest absolute Gasteiger partial charge is 0.361 e. The molecule has 6 nitrogen and oxygen atoms in total. The van der Waals surface area contributed by atoms with Crippen molar-refractivity contribution >= 4 is 21.8 Å². The van der Waals surface area contributed by atoms with Gasteiger partial charge in [-0.1, -0.05) is 54.8 Å². The number of hydrogen-bond donors (Lipinski definition) is 0. The van der Waals surface area contributed by atoms with Gasteiger partial charge in [0.1, 0.15) is 0 Å². The van der Waals surface area contributed by atoms with Crippen LogP contribution in [0.1, 0.15) is 44.6 Å². The first kappa shape index (κ1) is 17.5. The van der Waals surface area contributed by atoms with Gasteiger partial charge in [0.25, 0.3) is 0 Å². The normalized spacial score (nSPS) is 16.8. The zero-order valence-corrected chi connectivity index (χ0v) is 13.9. The highest BCUT2D eigenvalue weighted by Crippen LogP contribution is 2.25. The Bertz CT molecular complexity index is 648. The van der Waals surface area contributed by atoms with Gasteiger partial charge in [-0.05, 0) is 19.8 Å². The lowest BCUT2D eigenvalue weighted by Gasteiger charge is -2.19. The van der Waals surface area contributed by atoms with Crippen molar-refractivity contribution in [3.63, 3.8) is 0 Å². The molecular formula is C16H21NO5S. The van der Waals surface area contributed by atoms with E-state index in [1.165, 1.54) is 0 Å². The van der Waals surface area contributed by atoms with Crippen LogP contribution in [0.3, 0.4) is 0 Å². The molecule has 1 aliphatic rings. The van der Waals surface area contributed by atoms with Crippen molar-refractivity contribution in [2.45, 2.75) is 44.3 Å². The Morgan fingerprint density at radius 3 is 2.43 bits per heavy atom. The Balaban J connectivity index is 2.21. The molecule has 1 aromatic rings. The average molecular weight is 339 g/mol. The summed E-state index contributed by atoms with van der Waals surface area (Å²) >= 11 is 0. The van der Waals surface area contributed by atoms with Crippen LogP contribution in [-0.4, -0.2) is 32.0 Å². The van der Waals surface area contributed by atoms with Crippen LogP contribution in [0.2, 0.25) is 0 Å². The fraction of sp³-hybridized carbons (Fsp3) is 0.500. The van der Waals surface area contributed by atoms with E-state index < -0.39 is 21.3 Å². The lowest BCUT2D eigenvalue weighted by Crippen LogP contribution is -2.26. The maximum atomic E-state index is 12.2. The third-order valence-electron chi connectivity index (χ3n) is 3.71. The quantitative estimate of drug-likeness (QED) is 0.452. The standard InChI is InChI=1S/C16H21NO5S/c1-2-21-16(18)15(13-9-5-3-6-10-13)17-22-23(19,20)14-11-7-4-8-12-14/h3,5-6,9-10,14H,2,4,7-8,11-12H2,1H3. The van der Waals surface area contributed by atoms with Crippen molar-refractivity contribution in [3.8, 4) is 0 Å². The van der Waals surface area contributed by atoms with Gasteiger partial charge in [-0.3, -0.25) is 4.28 Å². The van der Waals surface area contributed by atoms with Crippen LogP contribution >= 0.6 is 0 Å². The monoisotopic (exact) mass is 339 g/mol. The average Bonchev–Trinajstić information content (AvgIpc) is 2.57. The highest BCUT2D eigenvalue weighted by atomic mass is 32.2. The summed E-state index contributed by atoms with van der Waals surface area (Å²) in [5, 5.41) is 3.06. The summed E-state index contributed by atoms with van der Waals surface area (Å²) in [6.45, 7) is 1.83. The molecule has 0 saturated heterocycles. The molecule has 2 rings (SSSR count). The third kappa shape index (κ3) is 4.79. The van der Waals surface area contributed by atoms with E-state index in [1.54, 1.807) is 37.3 Å². The Morgan fingerprint density at radius 2 is 1.83 bits per heavy atom.